The molecule has 2 aliphatic rings. The normalized spacial score (nSPS) is 14.0. The van der Waals surface area contributed by atoms with Crippen LogP contribution in [0.4, 0.5) is 0 Å². The fraction of sp³-hybridized carbons (Fsp3) is 0.0682. The first kappa shape index (κ1) is 28.0. The Morgan fingerprint density at radius 1 is 0.521 bits per heavy atom. The second-order valence-corrected chi connectivity index (χ2v) is 15.3. The molecule has 0 radical (unpaired) electrons. The standard InChI is InChI=1S/C44H30N2S2/c1-44(2)34-18-10-9-17-30(34)32-25-33-31-21-22-40-43(48-39-20-12-11-19-38(39)47-40)42(31)46(37(33)26-35(32)44)41-24-29(27-13-5-3-6-14-27)23-36(45-41)28-15-7-4-8-16-28/h3-26H,1-2H3. The number of benzene rings is 6. The minimum absolute atomic E-state index is 0.112. The quantitative estimate of drug-likeness (QED) is 0.189. The second kappa shape index (κ2) is 10.5. The molecule has 0 bridgehead atoms. The molecule has 4 heteroatoms. The Bertz CT molecular complexity index is 2520. The highest BCUT2D eigenvalue weighted by atomic mass is 32.2. The number of hydrogen-bond acceptors (Lipinski definition) is 3. The van der Waals surface area contributed by atoms with Crippen LogP contribution in [0.1, 0.15) is 25.0 Å². The predicted octanol–water partition coefficient (Wildman–Crippen LogP) is 12.4. The van der Waals surface area contributed by atoms with Crippen molar-refractivity contribution >= 4 is 45.3 Å². The van der Waals surface area contributed by atoms with Crippen molar-refractivity contribution in [1.82, 2.24) is 9.55 Å². The Hall–Kier alpha value is -5.03. The molecule has 2 aromatic heterocycles. The van der Waals surface area contributed by atoms with Gasteiger partial charge in [0.05, 0.1) is 21.6 Å². The summed E-state index contributed by atoms with van der Waals surface area (Å²) < 4.78 is 2.46. The summed E-state index contributed by atoms with van der Waals surface area (Å²) in [5, 5.41) is 2.52. The van der Waals surface area contributed by atoms with Crippen LogP contribution in [-0.2, 0) is 5.41 Å². The van der Waals surface area contributed by atoms with Crippen LogP contribution in [0, 0.1) is 0 Å². The van der Waals surface area contributed by atoms with Crippen LogP contribution in [0.15, 0.2) is 165 Å². The van der Waals surface area contributed by atoms with Gasteiger partial charge in [-0.3, -0.25) is 4.57 Å². The van der Waals surface area contributed by atoms with Gasteiger partial charge in [0, 0.05) is 36.4 Å². The molecule has 3 heterocycles. The minimum atomic E-state index is -0.112. The fourth-order valence-corrected chi connectivity index (χ4v) is 10.1. The van der Waals surface area contributed by atoms with E-state index >= 15 is 0 Å². The van der Waals surface area contributed by atoms with Gasteiger partial charge in [-0.05, 0) is 75.8 Å². The lowest BCUT2D eigenvalue weighted by Gasteiger charge is -2.22. The molecule has 0 unspecified atom stereocenters. The number of rotatable bonds is 3. The van der Waals surface area contributed by atoms with Crippen molar-refractivity contribution in [2.45, 2.75) is 38.8 Å². The number of pyridine rings is 1. The second-order valence-electron chi connectivity index (χ2n) is 13.2. The molecule has 0 spiro atoms. The average molecular weight is 651 g/mol. The van der Waals surface area contributed by atoms with Gasteiger partial charge in [-0.25, -0.2) is 4.98 Å². The van der Waals surface area contributed by atoms with Crippen molar-refractivity contribution in [3.05, 3.63) is 157 Å². The van der Waals surface area contributed by atoms with Crippen LogP contribution in [0.5, 0.6) is 0 Å². The molecule has 0 fully saturated rings. The number of aromatic nitrogens is 2. The molecule has 0 saturated carbocycles. The SMILES string of the molecule is CC1(C)c2ccccc2-c2cc3c4ccc5c(c4n(-c4cc(-c6ccccc6)cc(-c6ccccc6)n4)c3cc21)Sc1ccccc1S5. The van der Waals surface area contributed by atoms with Gasteiger partial charge in [0.25, 0.3) is 0 Å². The Morgan fingerprint density at radius 3 is 2.00 bits per heavy atom. The predicted molar refractivity (Wildman–Crippen MR) is 202 cm³/mol. The molecule has 228 valence electrons. The van der Waals surface area contributed by atoms with Gasteiger partial charge in [0.15, 0.2) is 0 Å². The highest BCUT2D eigenvalue weighted by Gasteiger charge is 2.36. The third-order valence-corrected chi connectivity index (χ3v) is 12.6. The lowest BCUT2D eigenvalue weighted by Crippen LogP contribution is -2.15. The van der Waals surface area contributed by atoms with Crippen LogP contribution in [-0.4, -0.2) is 9.55 Å². The molecule has 8 aromatic rings. The van der Waals surface area contributed by atoms with Crippen LogP contribution in [0.2, 0.25) is 0 Å². The first-order valence-corrected chi connectivity index (χ1v) is 18.0. The van der Waals surface area contributed by atoms with Crippen LogP contribution < -0.4 is 0 Å². The van der Waals surface area contributed by atoms with Crippen molar-refractivity contribution in [3.63, 3.8) is 0 Å². The van der Waals surface area contributed by atoms with Gasteiger partial charge in [-0.15, -0.1) is 0 Å². The summed E-state index contributed by atoms with van der Waals surface area (Å²) in [6, 6.07) is 53.0. The van der Waals surface area contributed by atoms with E-state index in [2.05, 4.69) is 164 Å². The van der Waals surface area contributed by atoms with Crippen LogP contribution in [0.25, 0.3) is 61.1 Å². The summed E-state index contributed by atoms with van der Waals surface area (Å²) in [4.78, 5) is 10.7. The van der Waals surface area contributed by atoms with E-state index in [1.54, 1.807) is 0 Å². The Morgan fingerprint density at radius 2 is 1.21 bits per heavy atom. The fourth-order valence-electron chi connectivity index (χ4n) is 7.70. The molecule has 1 aliphatic heterocycles. The van der Waals surface area contributed by atoms with E-state index in [1.807, 2.05) is 23.5 Å². The van der Waals surface area contributed by atoms with E-state index < -0.39 is 0 Å². The topological polar surface area (TPSA) is 17.8 Å². The maximum Gasteiger partial charge on any atom is 0.138 e. The third-order valence-electron chi connectivity index (χ3n) is 10.0. The van der Waals surface area contributed by atoms with E-state index in [0.717, 1.165) is 22.6 Å². The molecule has 0 saturated heterocycles. The highest BCUT2D eigenvalue weighted by Crippen LogP contribution is 2.55. The Labute approximate surface area is 288 Å². The van der Waals surface area contributed by atoms with E-state index in [0.29, 0.717) is 0 Å². The molecular formula is C44H30N2S2. The maximum atomic E-state index is 5.48. The Balaban J connectivity index is 1.33. The number of fused-ring (bicyclic) bond motifs is 9. The first-order valence-electron chi connectivity index (χ1n) is 16.4. The van der Waals surface area contributed by atoms with E-state index in [9.17, 15) is 0 Å². The van der Waals surface area contributed by atoms with Crippen molar-refractivity contribution < 1.29 is 0 Å². The number of hydrogen-bond donors (Lipinski definition) is 0. The van der Waals surface area contributed by atoms with Crippen molar-refractivity contribution in [1.29, 1.82) is 0 Å². The van der Waals surface area contributed by atoms with E-state index in [4.69, 9.17) is 4.98 Å². The minimum Gasteiger partial charge on any atom is -0.293 e. The molecular weight excluding hydrogens is 621 g/mol. The largest absolute Gasteiger partial charge is 0.293 e. The molecule has 10 rings (SSSR count). The van der Waals surface area contributed by atoms with Crippen LogP contribution >= 0.6 is 23.5 Å². The summed E-state index contributed by atoms with van der Waals surface area (Å²) in [6.45, 7) is 4.73. The molecule has 48 heavy (non-hydrogen) atoms. The van der Waals surface area contributed by atoms with Gasteiger partial charge in [-0.1, -0.05) is 140 Å². The molecule has 6 aromatic carbocycles. The molecule has 1 aliphatic carbocycles. The maximum absolute atomic E-state index is 5.48. The van der Waals surface area contributed by atoms with Crippen LogP contribution in [0.3, 0.4) is 0 Å². The van der Waals surface area contributed by atoms with E-state index in [-0.39, 0.29) is 5.41 Å². The lowest BCUT2D eigenvalue weighted by atomic mass is 9.82. The smallest absolute Gasteiger partial charge is 0.138 e. The van der Waals surface area contributed by atoms with Gasteiger partial charge >= 0.3 is 0 Å². The van der Waals surface area contributed by atoms with Gasteiger partial charge in [0.2, 0.25) is 0 Å². The van der Waals surface area contributed by atoms with Crippen molar-refractivity contribution in [2.75, 3.05) is 0 Å². The summed E-state index contributed by atoms with van der Waals surface area (Å²) >= 11 is 3.75. The summed E-state index contributed by atoms with van der Waals surface area (Å²) in [6.07, 6.45) is 0. The summed E-state index contributed by atoms with van der Waals surface area (Å²) in [5.74, 6) is 0.932. The van der Waals surface area contributed by atoms with Gasteiger partial charge in [-0.2, -0.15) is 0 Å². The van der Waals surface area contributed by atoms with Crippen molar-refractivity contribution in [2.24, 2.45) is 0 Å². The first-order chi connectivity index (χ1) is 23.5. The van der Waals surface area contributed by atoms with Gasteiger partial charge in [0.1, 0.15) is 5.82 Å². The zero-order valence-corrected chi connectivity index (χ0v) is 28.2. The molecule has 0 atom stereocenters. The molecule has 2 nitrogen and oxygen atoms in total. The molecule has 0 N–H and O–H groups in total. The van der Waals surface area contributed by atoms with Gasteiger partial charge < -0.3 is 0 Å². The average Bonchev–Trinajstić information content (AvgIpc) is 3.59. The van der Waals surface area contributed by atoms with Crippen molar-refractivity contribution in [3.8, 4) is 39.3 Å². The van der Waals surface area contributed by atoms with E-state index in [1.165, 1.54) is 69.2 Å². The zero-order valence-electron chi connectivity index (χ0n) is 26.6. The highest BCUT2D eigenvalue weighted by molar-refractivity contribution is 8.05. The monoisotopic (exact) mass is 650 g/mol. The summed E-state index contributed by atoms with van der Waals surface area (Å²) in [5.41, 5.74) is 12.1. The molecule has 0 amide bonds. The summed E-state index contributed by atoms with van der Waals surface area (Å²) in [7, 11) is 0. The lowest BCUT2D eigenvalue weighted by molar-refractivity contribution is 0.661. The number of nitrogens with zero attached hydrogens (tertiary/aromatic N) is 2. The zero-order chi connectivity index (χ0) is 32.0. The Kier molecular flexibility index (Phi) is 6.12. The third kappa shape index (κ3) is 4.12.